The fraction of sp³-hybridized carbons (Fsp3) is 0.478. The van der Waals surface area contributed by atoms with Crippen LogP contribution in [0.5, 0.6) is 0 Å². The molecule has 4 heteroatoms. The van der Waals surface area contributed by atoms with Gasteiger partial charge in [-0.1, -0.05) is 81.4 Å². The second-order valence-electron chi connectivity index (χ2n) is 8.69. The lowest BCUT2D eigenvalue weighted by Gasteiger charge is -2.49. The number of rotatable bonds is 7. The zero-order valence-electron chi connectivity index (χ0n) is 17.2. The molecule has 0 radical (unpaired) electrons. The Balaban J connectivity index is 2.07. The topological polar surface area (TPSA) is 27.7 Å². The summed E-state index contributed by atoms with van der Waals surface area (Å²) in [6, 6.07) is 21.5. The van der Waals surface area contributed by atoms with Crippen LogP contribution in [0, 0.1) is 5.41 Å². The van der Waals surface area contributed by atoms with E-state index in [0.29, 0.717) is 19.8 Å². The normalized spacial score (nSPS) is 18.0. The van der Waals surface area contributed by atoms with Gasteiger partial charge in [-0.3, -0.25) is 0 Å². The van der Waals surface area contributed by atoms with Gasteiger partial charge in [-0.05, 0) is 22.3 Å². The lowest BCUT2D eigenvalue weighted by Crippen LogP contribution is -2.68. The van der Waals surface area contributed by atoms with Crippen molar-refractivity contribution in [3.8, 4) is 0 Å². The van der Waals surface area contributed by atoms with Crippen molar-refractivity contribution in [1.82, 2.24) is 0 Å². The molecule has 2 aromatic rings. The molecule has 1 atom stereocenters. The van der Waals surface area contributed by atoms with Gasteiger partial charge in [0.05, 0.1) is 24.7 Å². The summed E-state index contributed by atoms with van der Waals surface area (Å²) in [5.74, 6) is 0. The molecule has 1 saturated heterocycles. The van der Waals surface area contributed by atoms with Crippen LogP contribution in [0.3, 0.4) is 0 Å². The maximum Gasteiger partial charge on any atom is 0.261 e. The summed E-state index contributed by atoms with van der Waals surface area (Å²) in [6.07, 6.45) is 0.101. The molecular weight excluding hydrogens is 352 g/mol. The van der Waals surface area contributed by atoms with Crippen LogP contribution in [-0.4, -0.2) is 41.4 Å². The molecule has 0 bridgehead atoms. The van der Waals surface area contributed by atoms with Crippen LogP contribution in [0.4, 0.5) is 0 Å². The van der Waals surface area contributed by atoms with Crippen LogP contribution >= 0.6 is 0 Å². The first kappa shape index (κ1) is 20.3. The molecule has 1 heterocycles. The number of methoxy groups -OCH3 is 1. The Hall–Kier alpha value is -1.46. The molecule has 2 aromatic carbocycles. The molecule has 1 aliphatic heterocycles. The molecule has 0 amide bonds. The van der Waals surface area contributed by atoms with Gasteiger partial charge in [-0.25, -0.2) is 0 Å². The Bertz CT molecular complexity index is 681. The van der Waals surface area contributed by atoms with Crippen molar-refractivity contribution in [2.24, 2.45) is 5.41 Å². The molecule has 1 unspecified atom stereocenters. The number of hydrogen-bond donors (Lipinski definition) is 0. The highest BCUT2D eigenvalue weighted by Crippen LogP contribution is 2.40. The van der Waals surface area contributed by atoms with Crippen LogP contribution in [0.1, 0.15) is 27.7 Å². The summed E-state index contributed by atoms with van der Waals surface area (Å²) in [7, 11) is -0.740. The smallest absolute Gasteiger partial charge is 0.261 e. The Morgan fingerprint density at radius 3 is 1.78 bits per heavy atom. The largest absolute Gasteiger partial charge is 0.407 e. The van der Waals surface area contributed by atoms with Crippen molar-refractivity contribution in [3.63, 3.8) is 0 Å². The first-order chi connectivity index (χ1) is 12.9. The maximum atomic E-state index is 7.08. The minimum atomic E-state index is -2.51. The molecule has 0 spiro atoms. The average molecular weight is 385 g/mol. The summed E-state index contributed by atoms with van der Waals surface area (Å²) in [5, 5.41) is 2.60. The molecule has 27 heavy (non-hydrogen) atoms. The highest BCUT2D eigenvalue weighted by atomic mass is 28.4. The highest BCUT2D eigenvalue weighted by Gasteiger charge is 2.53. The first-order valence-corrected chi connectivity index (χ1v) is 11.6. The van der Waals surface area contributed by atoms with Crippen LogP contribution in [0.15, 0.2) is 60.7 Å². The lowest BCUT2D eigenvalue weighted by atomic mass is 9.82. The van der Waals surface area contributed by atoms with Crippen LogP contribution in [0.2, 0.25) is 5.04 Å². The maximum absolute atomic E-state index is 7.08. The molecule has 3 nitrogen and oxygen atoms in total. The van der Waals surface area contributed by atoms with Gasteiger partial charge in [-0.15, -0.1) is 0 Å². The molecule has 1 aliphatic rings. The van der Waals surface area contributed by atoms with Crippen molar-refractivity contribution in [3.05, 3.63) is 60.7 Å². The molecule has 0 aromatic heterocycles. The van der Waals surface area contributed by atoms with Gasteiger partial charge in [-0.2, -0.15) is 0 Å². The van der Waals surface area contributed by atoms with E-state index < -0.39 is 8.32 Å². The zero-order valence-corrected chi connectivity index (χ0v) is 18.2. The second-order valence-corrected chi connectivity index (χ2v) is 13.0. The van der Waals surface area contributed by atoms with Crippen molar-refractivity contribution in [2.45, 2.75) is 38.8 Å². The van der Waals surface area contributed by atoms with E-state index in [0.717, 1.165) is 0 Å². The third-order valence-corrected chi connectivity index (χ3v) is 11.0. The molecule has 0 saturated carbocycles. The third-order valence-electron chi connectivity index (χ3n) is 5.99. The number of benzene rings is 2. The van der Waals surface area contributed by atoms with E-state index in [4.69, 9.17) is 13.9 Å². The Morgan fingerprint density at radius 1 is 0.963 bits per heavy atom. The van der Waals surface area contributed by atoms with E-state index in [-0.39, 0.29) is 16.6 Å². The van der Waals surface area contributed by atoms with E-state index in [1.54, 1.807) is 7.11 Å². The van der Waals surface area contributed by atoms with E-state index in [1.165, 1.54) is 10.4 Å². The van der Waals surface area contributed by atoms with E-state index in [1.807, 2.05) is 0 Å². The molecule has 3 rings (SSSR count). The van der Waals surface area contributed by atoms with Gasteiger partial charge in [0.1, 0.15) is 0 Å². The predicted molar refractivity (Wildman–Crippen MR) is 113 cm³/mol. The van der Waals surface area contributed by atoms with Crippen LogP contribution < -0.4 is 10.4 Å². The molecule has 0 N–H and O–H groups in total. The average Bonchev–Trinajstić information content (AvgIpc) is 2.64. The fourth-order valence-electron chi connectivity index (χ4n) is 4.06. The lowest BCUT2D eigenvalue weighted by molar-refractivity contribution is -0.190. The predicted octanol–water partition coefficient (Wildman–Crippen LogP) is 3.61. The van der Waals surface area contributed by atoms with Gasteiger partial charge in [0.25, 0.3) is 8.32 Å². The fourth-order valence-corrected chi connectivity index (χ4v) is 8.72. The van der Waals surface area contributed by atoms with E-state index in [9.17, 15) is 0 Å². The summed E-state index contributed by atoms with van der Waals surface area (Å²) in [5.41, 5.74) is -0.0676. The summed E-state index contributed by atoms with van der Waals surface area (Å²) in [6.45, 7) is 11.1. The minimum absolute atomic E-state index is 0.0161. The van der Waals surface area contributed by atoms with E-state index >= 15 is 0 Å². The second kappa shape index (κ2) is 7.88. The van der Waals surface area contributed by atoms with Crippen molar-refractivity contribution < 1.29 is 13.9 Å². The van der Waals surface area contributed by atoms with Crippen molar-refractivity contribution >= 4 is 18.7 Å². The zero-order chi connectivity index (χ0) is 19.5. The van der Waals surface area contributed by atoms with Gasteiger partial charge in [0.2, 0.25) is 0 Å². The molecule has 146 valence electrons. The minimum Gasteiger partial charge on any atom is -0.407 e. The number of ether oxygens (including phenoxy) is 2. The van der Waals surface area contributed by atoms with Crippen LogP contribution in [-0.2, 0) is 13.9 Å². The quantitative estimate of drug-likeness (QED) is 0.683. The summed E-state index contributed by atoms with van der Waals surface area (Å²) in [4.78, 5) is 0. The summed E-state index contributed by atoms with van der Waals surface area (Å²) >= 11 is 0. The summed E-state index contributed by atoms with van der Waals surface area (Å²) < 4.78 is 18.3. The van der Waals surface area contributed by atoms with Gasteiger partial charge < -0.3 is 13.9 Å². The Morgan fingerprint density at radius 2 is 1.44 bits per heavy atom. The highest BCUT2D eigenvalue weighted by molar-refractivity contribution is 6.99. The SMILES string of the molecule is COC(C)C1(CO[Si](c2ccccc2)(c2ccccc2)C(C)(C)C)COC1. The number of hydrogen-bond acceptors (Lipinski definition) is 3. The molecule has 0 aliphatic carbocycles. The standard InChI is InChI=1S/C23H32O3Si/c1-19(24-5)23(16-25-17-23)18-26-27(22(2,3)4,20-12-8-6-9-13-20)21-14-10-7-11-15-21/h6-15,19H,16-18H2,1-5H3. The van der Waals surface area contributed by atoms with Crippen molar-refractivity contribution in [2.75, 3.05) is 26.9 Å². The Labute approximate surface area is 164 Å². The van der Waals surface area contributed by atoms with Crippen LogP contribution in [0.25, 0.3) is 0 Å². The third kappa shape index (κ3) is 3.64. The molecular formula is C23H32O3Si. The van der Waals surface area contributed by atoms with Crippen molar-refractivity contribution in [1.29, 1.82) is 0 Å². The first-order valence-electron chi connectivity index (χ1n) is 9.71. The Kier molecular flexibility index (Phi) is 5.92. The molecule has 1 fully saturated rings. The van der Waals surface area contributed by atoms with Gasteiger partial charge in [0, 0.05) is 13.7 Å². The van der Waals surface area contributed by atoms with Gasteiger partial charge >= 0.3 is 0 Å². The monoisotopic (exact) mass is 384 g/mol. The van der Waals surface area contributed by atoms with E-state index in [2.05, 4.69) is 88.4 Å². The van der Waals surface area contributed by atoms with Gasteiger partial charge in [0.15, 0.2) is 0 Å².